The predicted molar refractivity (Wildman–Crippen MR) is 132 cm³/mol. The quantitative estimate of drug-likeness (QED) is 0.733. The van der Waals surface area contributed by atoms with Gasteiger partial charge in [-0.05, 0) is 75.0 Å². The summed E-state index contributed by atoms with van der Waals surface area (Å²) in [4.78, 5) is 15.2. The molecule has 2 saturated heterocycles. The second kappa shape index (κ2) is 9.84. The van der Waals surface area contributed by atoms with Gasteiger partial charge in [-0.15, -0.1) is 0 Å². The van der Waals surface area contributed by atoms with Gasteiger partial charge in [0.1, 0.15) is 18.5 Å². The zero-order valence-electron chi connectivity index (χ0n) is 19.8. The maximum atomic E-state index is 12.7. The molecule has 1 aliphatic carbocycles. The van der Waals surface area contributed by atoms with Gasteiger partial charge >= 0.3 is 0 Å². The third kappa shape index (κ3) is 5.08. The summed E-state index contributed by atoms with van der Waals surface area (Å²) in [5.74, 6) is 0.990. The number of likely N-dealkylation sites (tertiary alicyclic amines) is 1. The highest BCUT2D eigenvalue weighted by Crippen LogP contribution is 2.25. The molecule has 1 aromatic carbocycles. The Morgan fingerprint density at radius 3 is 2.79 bits per heavy atom. The summed E-state index contributed by atoms with van der Waals surface area (Å²) in [6.45, 7) is 10.1. The lowest BCUT2D eigenvalue weighted by molar-refractivity contribution is -0.0417. The summed E-state index contributed by atoms with van der Waals surface area (Å²) in [5.41, 5.74) is 4.71. The van der Waals surface area contributed by atoms with E-state index in [0.717, 1.165) is 68.8 Å². The van der Waals surface area contributed by atoms with Crippen LogP contribution in [0.4, 0.5) is 0 Å². The van der Waals surface area contributed by atoms with Crippen LogP contribution in [0.1, 0.15) is 30.4 Å². The second-order valence-electron chi connectivity index (χ2n) is 9.60. The molecule has 2 aromatic rings. The zero-order valence-corrected chi connectivity index (χ0v) is 19.8. The van der Waals surface area contributed by atoms with E-state index in [1.54, 1.807) is 6.07 Å². The van der Waals surface area contributed by atoms with Crippen molar-refractivity contribution in [2.75, 3.05) is 39.4 Å². The van der Waals surface area contributed by atoms with Crippen LogP contribution in [0.15, 0.2) is 52.5 Å². The van der Waals surface area contributed by atoms with E-state index >= 15 is 0 Å². The largest absolute Gasteiger partial charge is 0.493 e. The molecule has 0 spiro atoms. The summed E-state index contributed by atoms with van der Waals surface area (Å²) < 4.78 is 13.5. The Labute approximate surface area is 195 Å². The van der Waals surface area contributed by atoms with Gasteiger partial charge in [0.2, 0.25) is 0 Å². The van der Waals surface area contributed by atoms with Gasteiger partial charge in [0.15, 0.2) is 0 Å². The lowest BCUT2D eigenvalue weighted by atomic mass is 10.0. The average Bonchev–Trinajstić information content (AvgIpc) is 2.83. The molecule has 1 unspecified atom stereocenters. The number of pyridine rings is 1. The number of nitrogens with zero attached hydrogens (tertiary/aromatic N) is 2. The predicted octanol–water partition coefficient (Wildman–Crippen LogP) is 3.30. The smallest absolute Gasteiger partial charge is 0.251 e. The number of aromatic nitrogens is 1. The molecule has 2 aliphatic heterocycles. The number of piperidine rings is 1. The highest BCUT2D eigenvalue weighted by Gasteiger charge is 2.24. The number of hydrogen-bond donors (Lipinski definition) is 1. The third-order valence-corrected chi connectivity index (χ3v) is 7.21. The zero-order chi connectivity index (χ0) is 22.8. The standard InChI is InChI=1S/C27H35N3O3/c1-19-3-5-23-20(2)16-27(31)30(24(23)15-19)12-11-29-9-7-22(8-10-29)28-18-21-4-6-25-26(17-21)33-14-13-32-25/h3-5,15-17,22,25,28H,6-14,18H2,1-2H3. The molecule has 2 fully saturated rings. The Bertz CT molecular complexity index is 1130. The number of rotatable bonds is 6. The number of benzene rings is 1. The van der Waals surface area contributed by atoms with Gasteiger partial charge in [-0.3, -0.25) is 4.79 Å². The maximum absolute atomic E-state index is 12.7. The van der Waals surface area contributed by atoms with Crippen molar-refractivity contribution < 1.29 is 9.47 Å². The van der Waals surface area contributed by atoms with Crippen LogP contribution in [0.25, 0.3) is 10.9 Å². The van der Waals surface area contributed by atoms with E-state index in [1.807, 2.05) is 11.5 Å². The first-order valence-corrected chi connectivity index (χ1v) is 12.3. The van der Waals surface area contributed by atoms with Crippen molar-refractivity contribution in [1.29, 1.82) is 0 Å². The topological polar surface area (TPSA) is 55.7 Å². The molecule has 0 bridgehead atoms. The van der Waals surface area contributed by atoms with E-state index in [4.69, 9.17) is 9.47 Å². The number of aryl methyl sites for hydroxylation is 2. The number of hydrogen-bond acceptors (Lipinski definition) is 5. The van der Waals surface area contributed by atoms with Gasteiger partial charge < -0.3 is 24.3 Å². The fourth-order valence-electron chi connectivity index (χ4n) is 5.22. The third-order valence-electron chi connectivity index (χ3n) is 7.21. The van der Waals surface area contributed by atoms with Gasteiger partial charge in [-0.25, -0.2) is 0 Å². The highest BCUT2D eigenvalue weighted by atomic mass is 16.6. The normalized spacial score (nSPS) is 21.9. The van der Waals surface area contributed by atoms with E-state index in [0.29, 0.717) is 19.3 Å². The van der Waals surface area contributed by atoms with Crippen molar-refractivity contribution in [3.8, 4) is 0 Å². The van der Waals surface area contributed by atoms with Crippen LogP contribution in [0, 0.1) is 13.8 Å². The number of fused-ring (bicyclic) bond motifs is 2. The van der Waals surface area contributed by atoms with Crippen molar-refractivity contribution in [2.24, 2.45) is 0 Å². The molecule has 176 valence electrons. The Balaban J connectivity index is 1.12. The van der Waals surface area contributed by atoms with Gasteiger partial charge in [0.05, 0.1) is 12.1 Å². The summed E-state index contributed by atoms with van der Waals surface area (Å²) in [6, 6.07) is 8.71. The van der Waals surface area contributed by atoms with Gasteiger partial charge in [0.25, 0.3) is 5.56 Å². The van der Waals surface area contributed by atoms with Crippen molar-refractivity contribution in [2.45, 2.75) is 51.8 Å². The van der Waals surface area contributed by atoms with Crippen LogP contribution in [0.2, 0.25) is 0 Å². The van der Waals surface area contributed by atoms with E-state index in [1.165, 1.54) is 16.5 Å². The Hall–Kier alpha value is -2.41. The summed E-state index contributed by atoms with van der Waals surface area (Å²) >= 11 is 0. The van der Waals surface area contributed by atoms with Crippen LogP contribution < -0.4 is 10.9 Å². The molecule has 1 aromatic heterocycles. The van der Waals surface area contributed by atoms with Crippen LogP contribution in [-0.2, 0) is 16.0 Å². The van der Waals surface area contributed by atoms with Crippen molar-refractivity contribution in [3.05, 3.63) is 69.2 Å². The maximum Gasteiger partial charge on any atom is 0.251 e. The fourth-order valence-corrected chi connectivity index (χ4v) is 5.22. The van der Waals surface area contributed by atoms with Crippen LogP contribution in [0.5, 0.6) is 0 Å². The number of ether oxygens (including phenoxy) is 2. The Kier molecular flexibility index (Phi) is 6.67. The molecular formula is C27H35N3O3. The second-order valence-corrected chi connectivity index (χ2v) is 9.60. The fraction of sp³-hybridized carbons (Fsp3) is 0.519. The van der Waals surface area contributed by atoms with E-state index < -0.39 is 0 Å². The minimum Gasteiger partial charge on any atom is -0.493 e. The molecular weight excluding hydrogens is 414 g/mol. The molecule has 6 heteroatoms. The SMILES string of the molecule is Cc1ccc2c(C)cc(=O)n(CCN3CCC(NCC4=CCC5OCCOC5=C4)CC3)c2c1. The minimum absolute atomic E-state index is 0.103. The minimum atomic E-state index is 0.103. The molecule has 0 radical (unpaired) electrons. The first kappa shape index (κ1) is 22.4. The first-order chi connectivity index (χ1) is 16.1. The summed E-state index contributed by atoms with van der Waals surface area (Å²) in [7, 11) is 0. The molecule has 5 rings (SSSR count). The lowest BCUT2D eigenvalue weighted by Crippen LogP contribution is -2.44. The monoisotopic (exact) mass is 449 g/mol. The lowest BCUT2D eigenvalue weighted by Gasteiger charge is -2.33. The first-order valence-electron chi connectivity index (χ1n) is 12.3. The Morgan fingerprint density at radius 1 is 1.09 bits per heavy atom. The average molecular weight is 450 g/mol. The molecule has 33 heavy (non-hydrogen) atoms. The highest BCUT2D eigenvalue weighted by molar-refractivity contribution is 5.83. The summed E-state index contributed by atoms with van der Waals surface area (Å²) in [6.07, 6.45) is 7.72. The van der Waals surface area contributed by atoms with Crippen LogP contribution >= 0.6 is 0 Å². The molecule has 6 nitrogen and oxygen atoms in total. The van der Waals surface area contributed by atoms with Gasteiger partial charge in [0, 0.05) is 37.1 Å². The molecule has 3 aliphatic rings. The molecule has 0 amide bonds. The van der Waals surface area contributed by atoms with Crippen LogP contribution in [0.3, 0.4) is 0 Å². The Morgan fingerprint density at radius 2 is 1.94 bits per heavy atom. The van der Waals surface area contributed by atoms with Crippen molar-refractivity contribution in [1.82, 2.24) is 14.8 Å². The van der Waals surface area contributed by atoms with Gasteiger partial charge in [-0.2, -0.15) is 0 Å². The van der Waals surface area contributed by atoms with E-state index in [-0.39, 0.29) is 11.7 Å². The van der Waals surface area contributed by atoms with Gasteiger partial charge in [-0.1, -0.05) is 18.2 Å². The summed E-state index contributed by atoms with van der Waals surface area (Å²) in [5, 5.41) is 4.91. The van der Waals surface area contributed by atoms with E-state index in [2.05, 4.69) is 47.5 Å². The molecule has 3 heterocycles. The molecule has 0 saturated carbocycles. The van der Waals surface area contributed by atoms with Crippen LogP contribution in [-0.4, -0.2) is 61.0 Å². The molecule has 1 atom stereocenters. The van der Waals surface area contributed by atoms with Crippen molar-refractivity contribution >= 4 is 10.9 Å². The number of nitrogens with one attached hydrogen (secondary N) is 1. The molecule has 1 N–H and O–H groups in total. The van der Waals surface area contributed by atoms with E-state index in [9.17, 15) is 4.79 Å². The van der Waals surface area contributed by atoms with Crippen molar-refractivity contribution in [3.63, 3.8) is 0 Å².